The lowest BCUT2D eigenvalue weighted by atomic mass is 9.87. The molecule has 1 amide bonds. The number of nitriles is 1. The molecular weight excluding hydrogens is 426 g/mol. The van der Waals surface area contributed by atoms with Crippen LogP contribution in [0.1, 0.15) is 51.3 Å². The Hall–Kier alpha value is -2.70. The summed E-state index contributed by atoms with van der Waals surface area (Å²) in [6.07, 6.45) is 1.21. The average Bonchev–Trinajstić information content (AvgIpc) is 3.10. The first-order chi connectivity index (χ1) is 15.0. The number of hydrogen-bond acceptors (Lipinski definition) is 5. The molecule has 1 aliphatic rings. The highest BCUT2D eigenvalue weighted by Gasteiger charge is 2.32. The van der Waals surface area contributed by atoms with Gasteiger partial charge in [0, 0.05) is 25.1 Å². The van der Waals surface area contributed by atoms with Crippen LogP contribution in [0.25, 0.3) is 0 Å². The number of amides is 1. The fourth-order valence-electron chi connectivity index (χ4n) is 3.84. The molecule has 2 aromatic rings. The van der Waals surface area contributed by atoms with Crippen molar-refractivity contribution in [3.8, 4) is 6.07 Å². The van der Waals surface area contributed by atoms with Gasteiger partial charge in [0.05, 0.1) is 29.6 Å². The molecule has 0 spiro atoms. The quantitative estimate of drug-likeness (QED) is 0.715. The van der Waals surface area contributed by atoms with Gasteiger partial charge in [0.15, 0.2) is 0 Å². The number of benzene rings is 1. The van der Waals surface area contributed by atoms with Gasteiger partial charge in [-0.05, 0) is 42.9 Å². The topological polar surface area (TPSA) is 108 Å². The van der Waals surface area contributed by atoms with Crippen LogP contribution < -0.4 is 5.32 Å². The van der Waals surface area contributed by atoms with Crippen LogP contribution >= 0.6 is 0 Å². The molecule has 0 radical (unpaired) electrons. The lowest BCUT2D eigenvalue weighted by Gasteiger charge is -2.30. The molecule has 2 heterocycles. The average molecular weight is 458 g/mol. The zero-order valence-electron chi connectivity index (χ0n) is 19.1. The number of carbonyl (C=O) groups is 1. The molecule has 3 rings (SSSR count). The Bertz CT molecular complexity index is 1100. The van der Waals surface area contributed by atoms with Gasteiger partial charge in [0.1, 0.15) is 5.82 Å². The van der Waals surface area contributed by atoms with E-state index in [1.165, 1.54) is 4.31 Å². The van der Waals surface area contributed by atoms with Gasteiger partial charge >= 0.3 is 0 Å². The van der Waals surface area contributed by atoms with Crippen molar-refractivity contribution in [2.75, 3.05) is 18.4 Å². The van der Waals surface area contributed by atoms with E-state index in [1.807, 2.05) is 19.1 Å². The number of anilines is 1. The van der Waals surface area contributed by atoms with Crippen molar-refractivity contribution >= 4 is 21.7 Å². The van der Waals surface area contributed by atoms with E-state index in [1.54, 1.807) is 22.9 Å². The van der Waals surface area contributed by atoms with Crippen molar-refractivity contribution < 1.29 is 13.2 Å². The van der Waals surface area contributed by atoms with E-state index in [-0.39, 0.29) is 22.1 Å². The summed E-state index contributed by atoms with van der Waals surface area (Å²) in [5, 5.41) is 16.0. The zero-order chi connectivity index (χ0) is 23.5. The first-order valence-corrected chi connectivity index (χ1v) is 12.3. The number of sulfonamides is 1. The van der Waals surface area contributed by atoms with E-state index >= 15 is 0 Å². The molecule has 0 bridgehead atoms. The first-order valence-electron chi connectivity index (χ1n) is 10.9. The molecule has 1 saturated heterocycles. The van der Waals surface area contributed by atoms with Crippen molar-refractivity contribution in [2.45, 2.75) is 63.8 Å². The van der Waals surface area contributed by atoms with E-state index in [0.717, 1.165) is 11.3 Å². The van der Waals surface area contributed by atoms with Gasteiger partial charge in [-0.2, -0.15) is 14.7 Å². The maximum atomic E-state index is 13.1. The molecule has 0 aliphatic carbocycles. The number of hydrogen-bond donors (Lipinski definition) is 1. The summed E-state index contributed by atoms with van der Waals surface area (Å²) in [5.41, 5.74) is 1.80. The summed E-state index contributed by atoms with van der Waals surface area (Å²) < 4.78 is 29.2. The van der Waals surface area contributed by atoms with E-state index in [0.29, 0.717) is 44.7 Å². The maximum Gasteiger partial charge on any atom is 0.243 e. The minimum atomic E-state index is -3.59. The van der Waals surface area contributed by atoms with Crippen LogP contribution in [-0.2, 0) is 26.8 Å². The second-order valence-corrected chi connectivity index (χ2v) is 11.2. The molecule has 9 heteroatoms. The van der Waals surface area contributed by atoms with Crippen LogP contribution in [0.3, 0.4) is 0 Å². The van der Waals surface area contributed by atoms with Crippen LogP contribution in [0.4, 0.5) is 5.82 Å². The van der Waals surface area contributed by atoms with Gasteiger partial charge in [0.25, 0.3) is 0 Å². The Labute approximate surface area is 190 Å². The Morgan fingerprint density at radius 2 is 1.84 bits per heavy atom. The number of nitrogens with zero attached hydrogens (tertiary/aromatic N) is 4. The molecule has 0 unspecified atom stereocenters. The van der Waals surface area contributed by atoms with Gasteiger partial charge in [-0.15, -0.1) is 0 Å². The Morgan fingerprint density at radius 3 is 2.41 bits per heavy atom. The summed E-state index contributed by atoms with van der Waals surface area (Å²) in [6, 6.07) is 10.9. The standard InChI is InChI=1S/C23H31N5O3S/c1-17-16-21(28(26-17)13-5-12-24)25-22(29)18-10-14-27(15-11-18)32(30,31)20-8-6-19(7-9-20)23(2,3)4/h6-9,16,18H,5,10-11,13-15H2,1-4H3,(H,25,29). The Morgan fingerprint density at radius 1 is 1.22 bits per heavy atom. The van der Waals surface area contributed by atoms with E-state index in [2.05, 4.69) is 37.3 Å². The highest BCUT2D eigenvalue weighted by Crippen LogP contribution is 2.27. The fourth-order valence-corrected chi connectivity index (χ4v) is 5.30. The van der Waals surface area contributed by atoms with Crippen LogP contribution in [0.2, 0.25) is 0 Å². The van der Waals surface area contributed by atoms with Crippen LogP contribution in [-0.4, -0.2) is 41.5 Å². The minimum Gasteiger partial charge on any atom is -0.311 e. The highest BCUT2D eigenvalue weighted by atomic mass is 32.2. The van der Waals surface area contributed by atoms with Crippen molar-refractivity contribution in [1.29, 1.82) is 5.26 Å². The van der Waals surface area contributed by atoms with Crippen LogP contribution in [0.5, 0.6) is 0 Å². The Kier molecular flexibility index (Phi) is 7.06. The van der Waals surface area contributed by atoms with Gasteiger partial charge in [-0.25, -0.2) is 13.1 Å². The molecular formula is C23H31N5O3S. The summed E-state index contributed by atoms with van der Waals surface area (Å²) in [4.78, 5) is 13.1. The van der Waals surface area contributed by atoms with Gasteiger partial charge in [-0.1, -0.05) is 32.9 Å². The van der Waals surface area contributed by atoms with Crippen LogP contribution in [0.15, 0.2) is 35.2 Å². The lowest BCUT2D eigenvalue weighted by molar-refractivity contribution is -0.121. The van der Waals surface area contributed by atoms with E-state index in [9.17, 15) is 13.2 Å². The third-order valence-corrected chi connectivity index (χ3v) is 7.68. The molecule has 1 N–H and O–H groups in total. The van der Waals surface area contributed by atoms with E-state index in [4.69, 9.17) is 5.26 Å². The summed E-state index contributed by atoms with van der Waals surface area (Å²) in [6.45, 7) is 9.10. The largest absolute Gasteiger partial charge is 0.311 e. The smallest absolute Gasteiger partial charge is 0.243 e. The van der Waals surface area contributed by atoms with Crippen LogP contribution in [0, 0.1) is 24.2 Å². The summed E-state index contributed by atoms with van der Waals surface area (Å²) in [7, 11) is -3.59. The zero-order valence-corrected chi connectivity index (χ0v) is 19.9. The highest BCUT2D eigenvalue weighted by molar-refractivity contribution is 7.89. The monoisotopic (exact) mass is 457 g/mol. The molecule has 32 heavy (non-hydrogen) atoms. The molecule has 1 aromatic carbocycles. The molecule has 1 fully saturated rings. The number of aromatic nitrogens is 2. The van der Waals surface area contributed by atoms with Gasteiger partial charge in [0.2, 0.25) is 15.9 Å². The fraction of sp³-hybridized carbons (Fsp3) is 0.522. The molecule has 1 aromatic heterocycles. The number of rotatable bonds is 6. The Balaban J connectivity index is 1.62. The second-order valence-electron chi connectivity index (χ2n) is 9.24. The minimum absolute atomic E-state index is 0.0451. The number of piperidine rings is 1. The predicted molar refractivity (Wildman–Crippen MR) is 122 cm³/mol. The number of nitrogens with one attached hydrogen (secondary N) is 1. The van der Waals surface area contributed by atoms with Crippen molar-refractivity contribution in [2.24, 2.45) is 5.92 Å². The van der Waals surface area contributed by atoms with Crippen molar-refractivity contribution in [3.05, 3.63) is 41.6 Å². The molecule has 172 valence electrons. The lowest BCUT2D eigenvalue weighted by Crippen LogP contribution is -2.41. The molecule has 0 atom stereocenters. The van der Waals surface area contributed by atoms with Gasteiger partial charge in [-0.3, -0.25) is 4.79 Å². The molecule has 0 saturated carbocycles. The summed E-state index contributed by atoms with van der Waals surface area (Å²) >= 11 is 0. The molecule has 1 aliphatic heterocycles. The van der Waals surface area contributed by atoms with E-state index < -0.39 is 10.0 Å². The van der Waals surface area contributed by atoms with Crippen molar-refractivity contribution in [3.63, 3.8) is 0 Å². The maximum absolute atomic E-state index is 13.1. The summed E-state index contributed by atoms with van der Waals surface area (Å²) in [5.74, 6) is 0.149. The van der Waals surface area contributed by atoms with Gasteiger partial charge < -0.3 is 5.32 Å². The van der Waals surface area contributed by atoms with Crippen molar-refractivity contribution in [1.82, 2.24) is 14.1 Å². The molecule has 8 nitrogen and oxygen atoms in total. The SMILES string of the molecule is Cc1cc(NC(=O)C2CCN(S(=O)(=O)c3ccc(C(C)(C)C)cc3)CC2)n(CCC#N)n1. The normalized spacial score (nSPS) is 16.0. The second kappa shape index (κ2) is 9.43. The number of carbonyl (C=O) groups excluding carboxylic acids is 1. The third-order valence-electron chi connectivity index (χ3n) is 5.77. The third kappa shape index (κ3) is 5.37. The first kappa shape index (κ1) is 24.0. The predicted octanol–water partition coefficient (Wildman–Crippen LogP) is 3.44. The number of aryl methyl sites for hydroxylation is 2.